The first kappa shape index (κ1) is 23.6. The van der Waals surface area contributed by atoms with Gasteiger partial charge in [-0.15, -0.1) is 10.2 Å². The number of nitrogens with zero attached hydrogens (tertiary/aromatic N) is 6. The van der Waals surface area contributed by atoms with Gasteiger partial charge >= 0.3 is 12.5 Å². The maximum atomic E-state index is 13.5. The summed E-state index contributed by atoms with van der Waals surface area (Å²) in [4.78, 5) is 23.7. The van der Waals surface area contributed by atoms with Gasteiger partial charge in [-0.05, 0) is 42.9 Å². The predicted molar refractivity (Wildman–Crippen MR) is 121 cm³/mol. The maximum Gasteiger partial charge on any atom is 0.324 e. The number of piperazine rings is 1. The van der Waals surface area contributed by atoms with E-state index in [-0.39, 0.29) is 18.5 Å². The molecule has 1 aromatic carbocycles. The van der Waals surface area contributed by atoms with Crippen molar-refractivity contribution in [2.24, 2.45) is 0 Å². The number of urea groups is 1. The minimum absolute atomic E-state index is 0.0359. The number of aromatic nitrogens is 3. The number of carbonyl (C=O) groups is 1. The van der Waals surface area contributed by atoms with Crippen LogP contribution in [0.4, 0.5) is 19.3 Å². The summed E-state index contributed by atoms with van der Waals surface area (Å²) < 4.78 is 35.7. The predicted octanol–water partition coefficient (Wildman–Crippen LogP) is 3.84. The van der Waals surface area contributed by atoms with Gasteiger partial charge in [0.2, 0.25) is 5.89 Å². The van der Waals surface area contributed by atoms with Crippen LogP contribution in [-0.2, 0) is 6.54 Å². The van der Waals surface area contributed by atoms with E-state index in [0.29, 0.717) is 35.8 Å². The van der Waals surface area contributed by atoms with Crippen LogP contribution in [0.25, 0.3) is 11.5 Å². The number of alkyl halides is 2. The third-order valence-electron chi connectivity index (χ3n) is 5.72. The lowest BCUT2D eigenvalue weighted by Crippen LogP contribution is -2.52. The van der Waals surface area contributed by atoms with Crippen LogP contribution in [0.2, 0.25) is 0 Å². The average Bonchev–Trinajstić information content (AvgIpc) is 3.38. The minimum atomic E-state index is -2.84. The van der Waals surface area contributed by atoms with E-state index in [0.717, 1.165) is 19.6 Å². The first-order chi connectivity index (χ1) is 16.5. The van der Waals surface area contributed by atoms with Crippen LogP contribution in [0.1, 0.15) is 24.9 Å². The zero-order chi connectivity index (χ0) is 24.1. The number of rotatable bonds is 7. The fourth-order valence-electron chi connectivity index (χ4n) is 3.70. The first-order valence-corrected chi connectivity index (χ1v) is 11.0. The number of hydrogen-bond acceptors (Lipinski definition) is 7. The van der Waals surface area contributed by atoms with Crippen molar-refractivity contribution in [2.75, 3.05) is 44.7 Å². The smallest absolute Gasteiger partial charge is 0.324 e. The lowest BCUT2D eigenvalue weighted by Gasteiger charge is -2.37. The SMILES string of the molecule is CCN1CCN(C(=O)N(Cc2ccc(-c3nnc(C(F)F)o3)cn2)c2ccc(OC)cc2)CC1. The second-order valence-electron chi connectivity index (χ2n) is 7.77. The number of amides is 2. The van der Waals surface area contributed by atoms with Crippen molar-refractivity contribution in [3.05, 3.63) is 54.2 Å². The maximum absolute atomic E-state index is 13.5. The molecular weight excluding hydrogens is 446 g/mol. The van der Waals surface area contributed by atoms with Crippen LogP contribution in [0, 0.1) is 0 Å². The molecule has 0 N–H and O–H groups in total. The van der Waals surface area contributed by atoms with E-state index in [4.69, 9.17) is 9.15 Å². The van der Waals surface area contributed by atoms with E-state index in [1.165, 1.54) is 6.20 Å². The van der Waals surface area contributed by atoms with Crippen LogP contribution in [0.15, 0.2) is 47.0 Å². The fourth-order valence-corrected chi connectivity index (χ4v) is 3.70. The van der Waals surface area contributed by atoms with Crippen molar-refractivity contribution in [1.29, 1.82) is 0 Å². The summed E-state index contributed by atoms with van der Waals surface area (Å²) in [5.41, 5.74) is 1.75. The van der Waals surface area contributed by atoms with Crippen molar-refractivity contribution in [3.8, 4) is 17.2 Å². The Balaban J connectivity index is 1.54. The number of anilines is 1. The molecule has 0 aliphatic carbocycles. The Labute approximate surface area is 195 Å². The van der Waals surface area contributed by atoms with Gasteiger partial charge in [0.1, 0.15) is 5.75 Å². The highest BCUT2D eigenvalue weighted by Crippen LogP contribution is 2.25. The highest BCUT2D eigenvalue weighted by Gasteiger charge is 2.26. The van der Waals surface area contributed by atoms with E-state index in [1.54, 1.807) is 36.3 Å². The average molecular weight is 472 g/mol. The number of carbonyl (C=O) groups excluding carboxylic acids is 1. The van der Waals surface area contributed by atoms with Gasteiger partial charge in [0.05, 0.1) is 24.9 Å². The summed E-state index contributed by atoms with van der Waals surface area (Å²) >= 11 is 0. The van der Waals surface area contributed by atoms with Crippen molar-refractivity contribution in [1.82, 2.24) is 25.0 Å². The van der Waals surface area contributed by atoms with E-state index < -0.39 is 12.3 Å². The third kappa shape index (κ3) is 5.30. The van der Waals surface area contributed by atoms with Crippen LogP contribution in [0.5, 0.6) is 5.75 Å². The quantitative estimate of drug-likeness (QED) is 0.516. The molecule has 9 nitrogen and oxygen atoms in total. The molecule has 0 spiro atoms. The highest BCUT2D eigenvalue weighted by molar-refractivity contribution is 5.92. The zero-order valence-electron chi connectivity index (χ0n) is 19.0. The molecule has 0 radical (unpaired) electrons. The topological polar surface area (TPSA) is 87.8 Å². The Kier molecular flexibility index (Phi) is 7.31. The van der Waals surface area contributed by atoms with Gasteiger partial charge < -0.3 is 19.0 Å². The summed E-state index contributed by atoms with van der Waals surface area (Å²) in [7, 11) is 1.59. The normalized spacial score (nSPS) is 14.4. The van der Waals surface area contributed by atoms with Crippen LogP contribution in [0.3, 0.4) is 0 Å². The molecule has 180 valence electrons. The molecule has 3 heterocycles. The summed E-state index contributed by atoms with van der Waals surface area (Å²) in [6.07, 6.45) is -1.37. The standard InChI is InChI=1S/C23H26F2N6O3/c1-3-29-10-12-30(13-11-29)23(32)31(18-6-8-19(33-2)9-7-18)15-17-5-4-16(14-26-17)21-27-28-22(34-21)20(24)25/h4-9,14,20H,3,10-13,15H2,1-2H3. The van der Waals surface area contributed by atoms with E-state index >= 15 is 0 Å². The molecule has 2 amide bonds. The van der Waals surface area contributed by atoms with E-state index in [9.17, 15) is 13.6 Å². The van der Waals surface area contributed by atoms with E-state index in [2.05, 4.69) is 27.0 Å². The second kappa shape index (κ2) is 10.6. The molecular formula is C23H26F2N6O3. The molecule has 4 rings (SSSR count). The fraction of sp³-hybridized carbons (Fsp3) is 0.391. The summed E-state index contributed by atoms with van der Waals surface area (Å²) in [6, 6.07) is 10.5. The minimum Gasteiger partial charge on any atom is -0.497 e. The van der Waals surface area contributed by atoms with Gasteiger partial charge in [-0.3, -0.25) is 9.88 Å². The Morgan fingerprint density at radius 2 is 1.85 bits per heavy atom. The largest absolute Gasteiger partial charge is 0.497 e. The van der Waals surface area contributed by atoms with Crippen LogP contribution < -0.4 is 9.64 Å². The van der Waals surface area contributed by atoms with Crippen molar-refractivity contribution < 1.29 is 22.7 Å². The molecule has 34 heavy (non-hydrogen) atoms. The number of hydrogen-bond donors (Lipinski definition) is 0. The molecule has 11 heteroatoms. The molecule has 0 bridgehead atoms. The monoisotopic (exact) mass is 472 g/mol. The highest BCUT2D eigenvalue weighted by atomic mass is 19.3. The Bertz CT molecular complexity index is 1080. The molecule has 3 aromatic rings. The number of likely N-dealkylation sites (N-methyl/N-ethyl adjacent to an activating group) is 1. The lowest BCUT2D eigenvalue weighted by atomic mass is 10.2. The summed E-state index contributed by atoms with van der Waals surface area (Å²) in [5.74, 6) is -0.0809. The Hall–Kier alpha value is -3.60. The van der Waals surface area contributed by atoms with Crippen molar-refractivity contribution in [2.45, 2.75) is 19.9 Å². The molecule has 0 saturated carbocycles. The third-order valence-corrected chi connectivity index (χ3v) is 5.72. The number of halogens is 2. The van der Waals surface area contributed by atoms with E-state index in [1.807, 2.05) is 17.0 Å². The lowest BCUT2D eigenvalue weighted by molar-refractivity contribution is 0.116. The molecule has 0 atom stereocenters. The molecule has 1 fully saturated rings. The Morgan fingerprint density at radius 1 is 1.12 bits per heavy atom. The summed E-state index contributed by atoms with van der Waals surface area (Å²) in [6.45, 7) is 6.25. The van der Waals surface area contributed by atoms with Gasteiger partial charge in [0.25, 0.3) is 5.89 Å². The molecule has 1 aliphatic heterocycles. The first-order valence-electron chi connectivity index (χ1n) is 11.0. The van der Waals surface area contributed by atoms with Gasteiger partial charge in [0.15, 0.2) is 0 Å². The van der Waals surface area contributed by atoms with Gasteiger partial charge in [0, 0.05) is 38.1 Å². The number of pyridine rings is 1. The Morgan fingerprint density at radius 3 is 2.41 bits per heavy atom. The van der Waals surface area contributed by atoms with Crippen LogP contribution >= 0.6 is 0 Å². The van der Waals surface area contributed by atoms with Crippen molar-refractivity contribution >= 4 is 11.7 Å². The number of benzene rings is 1. The summed E-state index contributed by atoms with van der Waals surface area (Å²) in [5, 5.41) is 6.98. The molecule has 1 saturated heterocycles. The molecule has 1 aliphatic rings. The molecule has 0 unspecified atom stereocenters. The number of ether oxygens (including phenoxy) is 1. The van der Waals surface area contributed by atoms with Crippen molar-refractivity contribution in [3.63, 3.8) is 0 Å². The van der Waals surface area contributed by atoms with Crippen LogP contribution in [-0.4, -0.2) is 70.8 Å². The van der Waals surface area contributed by atoms with Gasteiger partial charge in [-0.25, -0.2) is 4.79 Å². The molecule has 2 aromatic heterocycles. The zero-order valence-corrected chi connectivity index (χ0v) is 19.0. The van der Waals surface area contributed by atoms with Gasteiger partial charge in [-0.1, -0.05) is 6.92 Å². The second-order valence-corrected chi connectivity index (χ2v) is 7.77. The number of methoxy groups -OCH3 is 1. The van der Waals surface area contributed by atoms with Gasteiger partial charge in [-0.2, -0.15) is 8.78 Å².